The van der Waals surface area contributed by atoms with Crippen molar-refractivity contribution in [1.29, 1.82) is 5.26 Å². The summed E-state index contributed by atoms with van der Waals surface area (Å²) in [5, 5.41) is 14.5. The molecule has 0 saturated heterocycles. The minimum atomic E-state index is -1.13. The molecule has 0 aliphatic rings. The number of benzene rings is 1. The third-order valence-electron chi connectivity index (χ3n) is 3.45. The summed E-state index contributed by atoms with van der Waals surface area (Å²) in [5.41, 5.74) is 1.59. The molecule has 6 nitrogen and oxygen atoms in total. The molecule has 24 heavy (non-hydrogen) atoms. The molecule has 1 aromatic carbocycles. The number of esters is 1. The Hall–Kier alpha value is -2.98. The third-order valence-corrected chi connectivity index (χ3v) is 4.32. The van der Waals surface area contributed by atoms with Gasteiger partial charge in [-0.25, -0.2) is 9.97 Å². The molecule has 1 atom stereocenters. The number of para-hydroxylation sites is 2. The number of methoxy groups -OCH3 is 1. The van der Waals surface area contributed by atoms with Gasteiger partial charge in [-0.15, -0.1) is 11.3 Å². The van der Waals surface area contributed by atoms with E-state index in [0.717, 1.165) is 4.88 Å². The number of hydrogen-bond acceptors (Lipinski definition) is 7. The molecular formula is C17H14N4O2S. The van der Waals surface area contributed by atoms with Crippen LogP contribution in [0.25, 0.3) is 11.0 Å². The average molecular weight is 338 g/mol. The Kier molecular flexibility index (Phi) is 4.68. The van der Waals surface area contributed by atoms with Crippen LogP contribution in [0.1, 0.15) is 16.5 Å². The van der Waals surface area contributed by atoms with Crippen LogP contribution in [-0.4, -0.2) is 23.0 Å². The van der Waals surface area contributed by atoms with E-state index in [1.807, 2.05) is 41.8 Å². The first kappa shape index (κ1) is 15.9. The number of aromatic nitrogens is 2. The van der Waals surface area contributed by atoms with Crippen molar-refractivity contribution in [3.63, 3.8) is 0 Å². The minimum absolute atomic E-state index is 0.277. The van der Waals surface area contributed by atoms with Gasteiger partial charge in [0.15, 0.2) is 11.7 Å². The largest absolute Gasteiger partial charge is 0.468 e. The van der Waals surface area contributed by atoms with E-state index in [2.05, 4.69) is 15.3 Å². The zero-order valence-corrected chi connectivity index (χ0v) is 13.7. The highest BCUT2D eigenvalue weighted by Gasteiger charge is 2.27. The number of carbonyl (C=O) groups excluding carboxylic acids is 1. The second-order valence-corrected chi connectivity index (χ2v) is 6.00. The van der Waals surface area contributed by atoms with Crippen LogP contribution >= 0.6 is 11.3 Å². The molecule has 0 bridgehead atoms. The number of hydrogen-bond donors (Lipinski definition) is 1. The van der Waals surface area contributed by atoms with E-state index < -0.39 is 11.9 Å². The molecule has 2 aromatic heterocycles. The molecule has 0 saturated carbocycles. The molecule has 7 heteroatoms. The van der Waals surface area contributed by atoms with Crippen molar-refractivity contribution in [1.82, 2.24) is 9.97 Å². The van der Waals surface area contributed by atoms with Crippen molar-refractivity contribution in [2.24, 2.45) is 0 Å². The summed E-state index contributed by atoms with van der Waals surface area (Å²) < 4.78 is 4.72. The van der Waals surface area contributed by atoms with Gasteiger partial charge in [0.05, 0.1) is 30.8 Å². The standard InChI is InChI=1S/C17H14N4O2S/c1-23-17(22)12(9-18)15-16(19-10-11-5-4-8-24-11)21-14-7-3-2-6-13(14)20-15/h2-8,12H,10H2,1H3,(H,19,21)/t12-/m0/s1. The van der Waals surface area contributed by atoms with Crippen LogP contribution in [0, 0.1) is 11.3 Å². The van der Waals surface area contributed by atoms with Crippen LogP contribution in [0.2, 0.25) is 0 Å². The van der Waals surface area contributed by atoms with Gasteiger partial charge < -0.3 is 10.1 Å². The molecule has 0 fully saturated rings. The summed E-state index contributed by atoms with van der Waals surface area (Å²) in [5.74, 6) is -1.36. The summed E-state index contributed by atoms with van der Waals surface area (Å²) in [6.45, 7) is 0.539. The number of fused-ring (bicyclic) bond motifs is 1. The van der Waals surface area contributed by atoms with E-state index >= 15 is 0 Å². The van der Waals surface area contributed by atoms with Crippen molar-refractivity contribution in [3.8, 4) is 6.07 Å². The highest BCUT2D eigenvalue weighted by atomic mass is 32.1. The SMILES string of the molecule is COC(=O)[C@@H](C#N)c1nc2ccccc2nc1NCc1cccs1. The molecule has 3 rings (SSSR count). The Labute approximate surface area is 142 Å². The first-order valence-corrected chi connectivity index (χ1v) is 8.11. The van der Waals surface area contributed by atoms with Gasteiger partial charge in [-0.1, -0.05) is 18.2 Å². The van der Waals surface area contributed by atoms with Gasteiger partial charge in [0.2, 0.25) is 0 Å². The van der Waals surface area contributed by atoms with Crippen LogP contribution in [0.3, 0.4) is 0 Å². The topological polar surface area (TPSA) is 87.9 Å². The fourth-order valence-corrected chi connectivity index (χ4v) is 2.92. The Morgan fingerprint density at radius 2 is 2.04 bits per heavy atom. The summed E-state index contributed by atoms with van der Waals surface area (Å²) in [4.78, 5) is 22.0. The van der Waals surface area contributed by atoms with E-state index in [9.17, 15) is 10.1 Å². The van der Waals surface area contributed by atoms with Crippen LogP contribution in [0.5, 0.6) is 0 Å². The number of ether oxygens (including phenoxy) is 1. The van der Waals surface area contributed by atoms with E-state index in [0.29, 0.717) is 23.4 Å². The Morgan fingerprint density at radius 1 is 1.29 bits per heavy atom. The first-order chi connectivity index (χ1) is 11.7. The van der Waals surface area contributed by atoms with Gasteiger partial charge >= 0.3 is 5.97 Å². The molecular weight excluding hydrogens is 324 g/mol. The van der Waals surface area contributed by atoms with E-state index in [1.165, 1.54) is 7.11 Å². The van der Waals surface area contributed by atoms with Crippen molar-refractivity contribution in [3.05, 3.63) is 52.3 Å². The lowest BCUT2D eigenvalue weighted by Crippen LogP contribution is -2.17. The predicted octanol–water partition coefficient (Wildman–Crippen LogP) is 3.08. The molecule has 0 unspecified atom stereocenters. The molecule has 2 heterocycles. The number of nitrogens with zero attached hydrogens (tertiary/aromatic N) is 3. The van der Waals surface area contributed by atoms with Crippen molar-refractivity contribution < 1.29 is 9.53 Å². The molecule has 0 spiro atoms. The summed E-state index contributed by atoms with van der Waals surface area (Å²) in [7, 11) is 1.25. The quantitative estimate of drug-likeness (QED) is 0.719. The van der Waals surface area contributed by atoms with E-state index in [1.54, 1.807) is 17.4 Å². The Bertz CT molecular complexity index is 903. The molecule has 0 amide bonds. The van der Waals surface area contributed by atoms with Crippen LogP contribution in [0.4, 0.5) is 5.82 Å². The van der Waals surface area contributed by atoms with E-state index in [4.69, 9.17) is 4.74 Å². The maximum atomic E-state index is 11.9. The van der Waals surface area contributed by atoms with Crippen molar-refractivity contribution in [2.45, 2.75) is 12.5 Å². The highest BCUT2D eigenvalue weighted by molar-refractivity contribution is 7.09. The highest BCUT2D eigenvalue weighted by Crippen LogP contribution is 2.25. The Morgan fingerprint density at radius 3 is 2.67 bits per heavy atom. The van der Waals surface area contributed by atoms with Crippen LogP contribution < -0.4 is 5.32 Å². The smallest absolute Gasteiger partial charge is 0.329 e. The Balaban J connectivity index is 2.04. The zero-order chi connectivity index (χ0) is 16.9. The number of rotatable bonds is 5. The maximum Gasteiger partial charge on any atom is 0.329 e. The van der Waals surface area contributed by atoms with Gasteiger partial charge in [0, 0.05) is 4.88 Å². The first-order valence-electron chi connectivity index (χ1n) is 7.23. The fourth-order valence-electron chi connectivity index (χ4n) is 2.27. The van der Waals surface area contributed by atoms with Gasteiger partial charge in [0.1, 0.15) is 5.69 Å². The molecule has 3 aromatic rings. The number of thiophene rings is 1. The lowest BCUT2D eigenvalue weighted by Gasteiger charge is -2.13. The summed E-state index contributed by atoms with van der Waals surface area (Å²) in [6, 6.07) is 13.2. The number of carbonyl (C=O) groups is 1. The number of anilines is 1. The van der Waals surface area contributed by atoms with Gasteiger partial charge in [-0.3, -0.25) is 4.79 Å². The maximum absolute atomic E-state index is 11.9. The zero-order valence-electron chi connectivity index (χ0n) is 12.9. The predicted molar refractivity (Wildman–Crippen MR) is 91.6 cm³/mol. The normalized spacial score (nSPS) is 11.7. The second-order valence-electron chi connectivity index (χ2n) is 4.96. The van der Waals surface area contributed by atoms with Crippen LogP contribution in [0.15, 0.2) is 41.8 Å². The minimum Gasteiger partial charge on any atom is -0.468 e. The van der Waals surface area contributed by atoms with Crippen molar-refractivity contribution in [2.75, 3.05) is 12.4 Å². The fraction of sp³-hybridized carbons (Fsp3) is 0.176. The molecule has 120 valence electrons. The molecule has 0 aliphatic heterocycles. The molecule has 0 aliphatic carbocycles. The lowest BCUT2D eigenvalue weighted by atomic mass is 10.1. The number of nitrogens with one attached hydrogen (secondary N) is 1. The monoisotopic (exact) mass is 338 g/mol. The molecule has 1 N–H and O–H groups in total. The summed E-state index contributed by atoms with van der Waals surface area (Å²) >= 11 is 1.61. The van der Waals surface area contributed by atoms with Gasteiger partial charge in [-0.2, -0.15) is 5.26 Å². The average Bonchev–Trinajstić information content (AvgIpc) is 3.13. The van der Waals surface area contributed by atoms with E-state index in [-0.39, 0.29) is 5.69 Å². The van der Waals surface area contributed by atoms with Gasteiger partial charge in [0.25, 0.3) is 0 Å². The third kappa shape index (κ3) is 3.19. The second kappa shape index (κ2) is 7.06. The summed E-state index contributed by atoms with van der Waals surface area (Å²) in [6.07, 6.45) is 0. The van der Waals surface area contributed by atoms with Crippen LogP contribution in [-0.2, 0) is 16.1 Å². The van der Waals surface area contributed by atoms with Crippen molar-refractivity contribution >= 4 is 34.2 Å². The lowest BCUT2D eigenvalue weighted by molar-refractivity contribution is -0.141. The van der Waals surface area contributed by atoms with Gasteiger partial charge in [-0.05, 0) is 23.6 Å². The number of nitriles is 1. The molecule has 0 radical (unpaired) electrons.